The Morgan fingerprint density at radius 2 is 1.72 bits per heavy atom. The molecule has 0 radical (unpaired) electrons. The lowest BCUT2D eigenvalue weighted by Crippen LogP contribution is -2.26. The Morgan fingerprint density at radius 1 is 0.960 bits per heavy atom. The highest BCUT2D eigenvalue weighted by Crippen LogP contribution is 2.34. The van der Waals surface area contributed by atoms with E-state index in [0.717, 1.165) is 31.7 Å². The predicted molar refractivity (Wildman–Crippen MR) is 96.1 cm³/mol. The summed E-state index contributed by atoms with van der Waals surface area (Å²) < 4.78 is 17.4. The lowest BCUT2D eigenvalue weighted by atomic mass is 9.90. The lowest BCUT2D eigenvalue weighted by molar-refractivity contribution is -0.0521. The van der Waals surface area contributed by atoms with Crippen molar-refractivity contribution >= 4 is 0 Å². The van der Waals surface area contributed by atoms with Crippen molar-refractivity contribution in [3.63, 3.8) is 0 Å². The van der Waals surface area contributed by atoms with Gasteiger partial charge in [-0.2, -0.15) is 0 Å². The van der Waals surface area contributed by atoms with Gasteiger partial charge in [0.25, 0.3) is 0 Å². The Bertz CT molecular complexity index is 723. The summed E-state index contributed by atoms with van der Waals surface area (Å²) in [6.07, 6.45) is 4.21. The summed E-state index contributed by atoms with van der Waals surface area (Å²) in [5.41, 5.74) is 2.43. The maximum Gasteiger partial charge on any atom is 0.324 e. The van der Waals surface area contributed by atoms with Crippen LogP contribution >= 0.6 is 0 Å². The molecule has 130 valence electrons. The molecule has 1 fully saturated rings. The van der Waals surface area contributed by atoms with E-state index in [1.54, 1.807) is 6.26 Å². The maximum atomic E-state index is 6.02. The first kappa shape index (κ1) is 16.0. The minimum absolute atomic E-state index is 0.330. The fraction of sp³-hybridized carbons (Fsp3) is 0.333. The van der Waals surface area contributed by atoms with Gasteiger partial charge in [-0.25, -0.2) is 0 Å². The van der Waals surface area contributed by atoms with Crippen LogP contribution in [-0.4, -0.2) is 19.4 Å². The molecule has 1 unspecified atom stereocenters. The Balaban J connectivity index is 1.40. The molecule has 0 spiro atoms. The fourth-order valence-corrected chi connectivity index (χ4v) is 3.41. The van der Waals surface area contributed by atoms with Crippen LogP contribution in [0.1, 0.15) is 29.9 Å². The standard InChI is InChI=1S/C21H23NO3/c1-2-6-16(7-3-1)14-20-23-15-21(25-20)24-19-9-5-4-8-18(19)17-10-12-22-13-11-17/h1-9,15,17,20,22H,10-14H2. The summed E-state index contributed by atoms with van der Waals surface area (Å²) in [5.74, 6) is 1.83. The minimum atomic E-state index is -0.330. The van der Waals surface area contributed by atoms with E-state index in [1.165, 1.54) is 11.1 Å². The van der Waals surface area contributed by atoms with E-state index in [9.17, 15) is 0 Å². The van der Waals surface area contributed by atoms with Crippen LogP contribution in [0, 0.1) is 0 Å². The highest BCUT2D eigenvalue weighted by atomic mass is 16.8. The van der Waals surface area contributed by atoms with Gasteiger partial charge in [-0.05, 0) is 49.0 Å². The largest absolute Gasteiger partial charge is 0.455 e. The van der Waals surface area contributed by atoms with Gasteiger partial charge in [0, 0.05) is 6.42 Å². The van der Waals surface area contributed by atoms with E-state index in [4.69, 9.17) is 14.2 Å². The molecular formula is C21H23NO3. The monoisotopic (exact) mass is 337 g/mol. The minimum Gasteiger partial charge on any atom is -0.455 e. The number of nitrogens with one attached hydrogen (secondary N) is 1. The first-order valence-electron chi connectivity index (χ1n) is 8.92. The van der Waals surface area contributed by atoms with Gasteiger partial charge in [0.1, 0.15) is 5.75 Å². The van der Waals surface area contributed by atoms with E-state index in [0.29, 0.717) is 18.3 Å². The van der Waals surface area contributed by atoms with Crippen molar-refractivity contribution in [3.05, 3.63) is 77.9 Å². The molecule has 1 saturated heterocycles. The van der Waals surface area contributed by atoms with Gasteiger partial charge in [-0.15, -0.1) is 0 Å². The zero-order valence-corrected chi connectivity index (χ0v) is 14.2. The predicted octanol–water partition coefficient (Wildman–Crippen LogP) is 3.95. The van der Waals surface area contributed by atoms with Crippen LogP contribution in [0.3, 0.4) is 0 Å². The molecular weight excluding hydrogens is 314 g/mol. The molecule has 4 heteroatoms. The van der Waals surface area contributed by atoms with E-state index >= 15 is 0 Å². The number of rotatable bonds is 5. The highest BCUT2D eigenvalue weighted by molar-refractivity contribution is 5.37. The van der Waals surface area contributed by atoms with Crippen LogP contribution in [-0.2, 0) is 15.9 Å². The summed E-state index contributed by atoms with van der Waals surface area (Å²) in [6, 6.07) is 18.4. The number of ether oxygens (including phenoxy) is 3. The van der Waals surface area contributed by atoms with Crippen LogP contribution in [0.5, 0.6) is 5.75 Å². The number of para-hydroxylation sites is 1. The molecule has 2 aliphatic rings. The Labute approximate surface area is 148 Å². The van der Waals surface area contributed by atoms with Crippen molar-refractivity contribution < 1.29 is 14.2 Å². The lowest BCUT2D eigenvalue weighted by Gasteiger charge is -2.24. The Morgan fingerprint density at radius 3 is 2.56 bits per heavy atom. The second-order valence-electron chi connectivity index (χ2n) is 6.47. The summed E-state index contributed by atoms with van der Waals surface area (Å²) in [4.78, 5) is 0. The van der Waals surface area contributed by atoms with Crippen molar-refractivity contribution in [1.29, 1.82) is 0 Å². The summed E-state index contributed by atoms with van der Waals surface area (Å²) in [7, 11) is 0. The molecule has 25 heavy (non-hydrogen) atoms. The van der Waals surface area contributed by atoms with Crippen molar-refractivity contribution in [3.8, 4) is 5.75 Å². The highest BCUT2D eigenvalue weighted by Gasteiger charge is 2.24. The molecule has 2 heterocycles. The molecule has 0 amide bonds. The molecule has 4 nitrogen and oxygen atoms in total. The van der Waals surface area contributed by atoms with Crippen molar-refractivity contribution in [2.45, 2.75) is 31.5 Å². The number of hydrogen-bond acceptors (Lipinski definition) is 4. The van der Waals surface area contributed by atoms with Crippen LogP contribution in [0.2, 0.25) is 0 Å². The second-order valence-corrected chi connectivity index (χ2v) is 6.47. The van der Waals surface area contributed by atoms with Crippen LogP contribution in [0.15, 0.2) is 66.8 Å². The molecule has 2 aliphatic heterocycles. The van der Waals surface area contributed by atoms with Gasteiger partial charge in [-0.3, -0.25) is 0 Å². The maximum absolute atomic E-state index is 6.02. The molecule has 1 N–H and O–H groups in total. The topological polar surface area (TPSA) is 39.7 Å². The molecule has 0 aliphatic carbocycles. The first-order valence-corrected chi connectivity index (χ1v) is 8.92. The number of piperidine rings is 1. The van der Waals surface area contributed by atoms with Crippen molar-refractivity contribution in [1.82, 2.24) is 5.32 Å². The molecule has 1 atom stereocenters. The molecule has 0 saturated carbocycles. The van der Waals surface area contributed by atoms with Crippen molar-refractivity contribution in [2.24, 2.45) is 0 Å². The van der Waals surface area contributed by atoms with Gasteiger partial charge in [0.05, 0.1) is 0 Å². The smallest absolute Gasteiger partial charge is 0.324 e. The van der Waals surface area contributed by atoms with Crippen LogP contribution in [0.25, 0.3) is 0 Å². The third-order valence-corrected chi connectivity index (χ3v) is 4.72. The first-order chi connectivity index (χ1) is 12.4. The van der Waals surface area contributed by atoms with Gasteiger partial charge in [0.2, 0.25) is 6.29 Å². The SMILES string of the molecule is C1=C(Oc2ccccc2C2CCNCC2)OC(Cc2ccccc2)O1. The molecule has 2 aromatic rings. The van der Waals surface area contributed by atoms with E-state index in [1.807, 2.05) is 30.3 Å². The van der Waals surface area contributed by atoms with Crippen molar-refractivity contribution in [2.75, 3.05) is 13.1 Å². The van der Waals surface area contributed by atoms with Gasteiger partial charge >= 0.3 is 5.95 Å². The van der Waals surface area contributed by atoms with Crippen LogP contribution < -0.4 is 10.1 Å². The average Bonchev–Trinajstić information content (AvgIpc) is 3.10. The molecule has 0 aromatic heterocycles. The van der Waals surface area contributed by atoms with Gasteiger partial charge < -0.3 is 19.5 Å². The Kier molecular flexibility index (Phi) is 4.89. The third kappa shape index (κ3) is 3.97. The summed E-state index contributed by atoms with van der Waals surface area (Å²) in [5, 5.41) is 3.41. The quantitative estimate of drug-likeness (QED) is 0.897. The number of hydrogen-bond donors (Lipinski definition) is 1. The zero-order chi connectivity index (χ0) is 16.9. The average molecular weight is 337 g/mol. The van der Waals surface area contributed by atoms with E-state index in [-0.39, 0.29) is 6.29 Å². The third-order valence-electron chi connectivity index (χ3n) is 4.72. The van der Waals surface area contributed by atoms with Crippen LogP contribution in [0.4, 0.5) is 0 Å². The fourth-order valence-electron chi connectivity index (χ4n) is 3.41. The zero-order valence-electron chi connectivity index (χ0n) is 14.2. The molecule has 4 rings (SSSR count). The normalized spacial score (nSPS) is 20.5. The summed E-state index contributed by atoms with van der Waals surface area (Å²) in [6.45, 7) is 2.11. The summed E-state index contributed by atoms with van der Waals surface area (Å²) >= 11 is 0. The van der Waals surface area contributed by atoms with E-state index in [2.05, 4.69) is 29.6 Å². The van der Waals surface area contributed by atoms with Gasteiger partial charge in [0.15, 0.2) is 6.26 Å². The molecule has 2 aromatic carbocycles. The second kappa shape index (κ2) is 7.62. The molecule has 0 bridgehead atoms. The van der Waals surface area contributed by atoms with Gasteiger partial charge in [-0.1, -0.05) is 48.5 Å². The number of benzene rings is 2. The Hall–Kier alpha value is -2.46. The van der Waals surface area contributed by atoms with E-state index < -0.39 is 0 Å².